The van der Waals surface area contributed by atoms with Gasteiger partial charge in [-0.15, -0.1) is 10.2 Å². The minimum Gasteiger partial charge on any atom is -0.299 e. The summed E-state index contributed by atoms with van der Waals surface area (Å²) in [5.41, 5.74) is 0.864. The van der Waals surface area contributed by atoms with Crippen LogP contribution in [0.3, 0.4) is 0 Å². The van der Waals surface area contributed by atoms with Gasteiger partial charge < -0.3 is 0 Å². The van der Waals surface area contributed by atoms with Crippen LogP contribution >= 0.6 is 11.3 Å². The zero-order valence-corrected chi connectivity index (χ0v) is 17.3. The highest BCUT2D eigenvalue weighted by Crippen LogP contribution is 2.26. The molecule has 0 bridgehead atoms. The molecule has 0 saturated carbocycles. The van der Waals surface area contributed by atoms with Gasteiger partial charge in [0.1, 0.15) is 16.9 Å². The van der Waals surface area contributed by atoms with Crippen molar-refractivity contribution in [3.8, 4) is 10.6 Å². The van der Waals surface area contributed by atoms with Gasteiger partial charge in [0.2, 0.25) is 21.1 Å². The maximum atomic E-state index is 13.1. The predicted molar refractivity (Wildman–Crippen MR) is 109 cm³/mol. The molecule has 10 heteroatoms. The highest BCUT2D eigenvalue weighted by Gasteiger charge is 2.29. The molecular weight excluding hydrogens is 415 g/mol. The fourth-order valence-electron chi connectivity index (χ4n) is 2.50. The number of aromatic nitrogens is 2. The Morgan fingerprint density at radius 3 is 2.31 bits per heavy atom. The number of halogens is 1. The lowest BCUT2D eigenvalue weighted by molar-refractivity contribution is -0.118. The van der Waals surface area contributed by atoms with Gasteiger partial charge in [-0.25, -0.2) is 12.8 Å². The quantitative estimate of drug-likeness (QED) is 0.594. The molecule has 1 heterocycles. The smallest absolute Gasteiger partial charge is 0.244 e. The van der Waals surface area contributed by atoms with Crippen molar-refractivity contribution in [3.63, 3.8) is 0 Å². The third-order valence-electron chi connectivity index (χ3n) is 4.03. The number of hydrogen-bond donors (Lipinski definition) is 2. The summed E-state index contributed by atoms with van der Waals surface area (Å²) in [5, 5.41) is 11.5. The second-order valence-corrected chi connectivity index (χ2v) is 9.26. The fourth-order valence-corrected chi connectivity index (χ4v) is 4.59. The van der Waals surface area contributed by atoms with Crippen molar-refractivity contribution in [1.82, 2.24) is 14.9 Å². The lowest BCUT2D eigenvalue weighted by Gasteiger charge is -2.20. The molecule has 3 rings (SSSR count). The van der Waals surface area contributed by atoms with E-state index in [1.807, 2.05) is 30.3 Å². The van der Waals surface area contributed by atoms with Crippen molar-refractivity contribution in [2.24, 2.45) is 5.92 Å². The van der Waals surface area contributed by atoms with Crippen molar-refractivity contribution >= 4 is 32.4 Å². The SMILES string of the molecule is CC(C)C(NS(=O)(=O)c1ccc(F)cc1)C(=O)Nc1nnc(-c2ccccc2)s1. The first-order valence-corrected chi connectivity index (χ1v) is 11.0. The molecule has 0 fully saturated rings. The number of carbonyl (C=O) groups excluding carboxylic acids is 1. The molecule has 0 saturated heterocycles. The summed E-state index contributed by atoms with van der Waals surface area (Å²) in [6.45, 7) is 3.43. The van der Waals surface area contributed by atoms with E-state index in [0.29, 0.717) is 5.01 Å². The monoisotopic (exact) mass is 434 g/mol. The average Bonchev–Trinajstić information content (AvgIpc) is 3.15. The van der Waals surface area contributed by atoms with E-state index in [4.69, 9.17) is 0 Å². The number of carbonyl (C=O) groups is 1. The Morgan fingerprint density at radius 1 is 1.03 bits per heavy atom. The van der Waals surface area contributed by atoms with E-state index < -0.39 is 27.8 Å². The highest BCUT2D eigenvalue weighted by molar-refractivity contribution is 7.89. The molecule has 1 amide bonds. The number of nitrogens with one attached hydrogen (secondary N) is 2. The van der Waals surface area contributed by atoms with Gasteiger partial charge in [-0.2, -0.15) is 4.72 Å². The molecule has 1 aromatic heterocycles. The van der Waals surface area contributed by atoms with Crippen LogP contribution in [0.25, 0.3) is 10.6 Å². The van der Waals surface area contributed by atoms with E-state index in [2.05, 4.69) is 20.2 Å². The molecule has 1 unspecified atom stereocenters. The lowest BCUT2D eigenvalue weighted by Crippen LogP contribution is -2.47. The molecule has 7 nitrogen and oxygen atoms in total. The van der Waals surface area contributed by atoms with Crippen molar-refractivity contribution < 1.29 is 17.6 Å². The largest absolute Gasteiger partial charge is 0.299 e. The number of amides is 1. The summed E-state index contributed by atoms with van der Waals surface area (Å²) in [7, 11) is -4.01. The maximum Gasteiger partial charge on any atom is 0.244 e. The lowest BCUT2D eigenvalue weighted by atomic mass is 10.1. The van der Waals surface area contributed by atoms with Crippen LogP contribution in [0, 0.1) is 11.7 Å². The summed E-state index contributed by atoms with van der Waals surface area (Å²) < 4.78 is 40.6. The Morgan fingerprint density at radius 2 is 1.69 bits per heavy atom. The Hall–Kier alpha value is -2.69. The Balaban J connectivity index is 1.75. The number of hydrogen-bond acceptors (Lipinski definition) is 6. The van der Waals surface area contributed by atoms with Gasteiger partial charge in [0, 0.05) is 5.56 Å². The van der Waals surface area contributed by atoms with Crippen LogP contribution in [0.2, 0.25) is 0 Å². The minimum absolute atomic E-state index is 0.125. The molecule has 0 aliphatic carbocycles. The van der Waals surface area contributed by atoms with Crippen LogP contribution in [0.5, 0.6) is 0 Å². The van der Waals surface area contributed by atoms with Gasteiger partial charge in [0.15, 0.2) is 0 Å². The Labute approximate surface area is 172 Å². The molecular formula is C19H19FN4O3S2. The number of rotatable bonds is 7. The van der Waals surface area contributed by atoms with E-state index in [0.717, 1.165) is 29.8 Å². The number of anilines is 1. The number of sulfonamides is 1. The molecule has 1 atom stereocenters. The maximum absolute atomic E-state index is 13.1. The summed E-state index contributed by atoms with van der Waals surface area (Å²) in [6, 6.07) is 12.7. The topological polar surface area (TPSA) is 101 Å². The van der Waals surface area contributed by atoms with Gasteiger partial charge in [-0.3, -0.25) is 10.1 Å². The van der Waals surface area contributed by atoms with Gasteiger partial charge in [0.05, 0.1) is 4.90 Å². The molecule has 29 heavy (non-hydrogen) atoms. The second kappa shape index (κ2) is 8.76. The molecule has 3 aromatic rings. The zero-order valence-electron chi connectivity index (χ0n) is 15.7. The van der Waals surface area contributed by atoms with Crippen molar-refractivity contribution in [2.45, 2.75) is 24.8 Å². The first-order valence-electron chi connectivity index (χ1n) is 8.74. The Kier molecular flexibility index (Phi) is 6.36. The van der Waals surface area contributed by atoms with E-state index in [-0.39, 0.29) is 15.9 Å². The summed E-state index contributed by atoms with van der Waals surface area (Å²) in [4.78, 5) is 12.6. The molecule has 0 aliphatic heterocycles. The molecule has 0 spiro atoms. The third-order valence-corrected chi connectivity index (χ3v) is 6.38. The third kappa shape index (κ3) is 5.22. The summed E-state index contributed by atoms with van der Waals surface area (Å²) in [6.07, 6.45) is 0. The van der Waals surface area contributed by atoms with E-state index >= 15 is 0 Å². The van der Waals surface area contributed by atoms with E-state index in [1.54, 1.807) is 13.8 Å². The summed E-state index contributed by atoms with van der Waals surface area (Å²) >= 11 is 1.19. The van der Waals surface area contributed by atoms with Gasteiger partial charge in [-0.1, -0.05) is 55.5 Å². The molecule has 152 valence electrons. The first-order chi connectivity index (χ1) is 13.8. The van der Waals surface area contributed by atoms with E-state index in [9.17, 15) is 17.6 Å². The van der Waals surface area contributed by atoms with Gasteiger partial charge in [-0.05, 0) is 30.2 Å². The molecule has 2 aromatic carbocycles. The van der Waals surface area contributed by atoms with E-state index in [1.165, 1.54) is 11.3 Å². The van der Waals surface area contributed by atoms with Gasteiger partial charge in [0.25, 0.3) is 0 Å². The van der Waals surface area contributed by atoms with Crippen molar-refractivity contribution in [3.05, 3.63) is 60.4 Å². The molecule has 0 aliphatic rings. The van der Waals surface area contributed by atoms with Crippen molar-refractivity contribution in [2.75, 3.05) is 5.32 Å². The standard InChI is InChI=1S/C19H19FN4O3S2/c1-12(2)16(24-29(26,27)15-10-8-14(20)9-11-15)17(25)21-19-23-22-18(28-19)13-6-4-3-5-7-13/h3-12,16,24H,1-2H3,(H,21,23,25). The van der Waals surface area contributed by atoms with Crippen molar-refractivity contribution in [1.29, 1.82) is 0 Å². The first kappa shape index (κ1) is 21.0. The van der Waals surface area contributed by atoms with Crippen LogP contribution < -0.4 is 10.0 Å². The predicted octanol–water partition coefficient (Wildman–Crippen LogP) is 3.29. The molecule has 0 radical (unpaired) electrons. The summed E-state index contributed by atoms with van der Waals surface area (Å²) in [5.74, 6) is -1.44. The normalized spacial score (nSPS) is 12.7. The number of nitrogens with zero attached hydrogens (tertiary/aromatic N) is 2. The van der Waals surface area contributed by atoms with Crippen LogP contribution in [-0.4, -0.2) is 30.6 Å². The highest BCUT2D eigenvalue weighted by atomic mass is 32.2. The van der Waals surface area contributed by atoms with Crippen LogP contribution in [0.15, 0.2) is 59.5 Å². The van der Waals surface area contributed by atoms with Crippen LogP contribution in [0.4, 0.5) is 9.52 Å². The zero-order chi connectivity index (χ0) is 21.0. The van der Waals surface area contributed by atoms with Gasteiger partial charge >= 0.3 is 0 Å². The van der Waals surface area contributed by atoms with Crippen LogP contribution in [0.1, 0.15) is 13.8 Å². The average molecular weight is 435 g/mol. The number of benzene rings is 2. The second-order valence-electron chi connectivity index (χ2n) is 6.56. The Bertz CT molecular complexity index is 1080. The fraction of sp³-hybridized carbons (Fsp3) is 0.211. The minimum atomic E-state index is -4.01. The van der Waals surface area contributed by atoms with Crippen LogP contribution in [-0.2, 0) is 14.8 Å². The molecule has 2 N–H and O–H groups in total.